The molecule has 1 amide bonds. The molecular formula is C15H24N2O2. The summed E-state index contributed by atoms with van der Waals surface area (Å²) in [6.45, 7) is 6.64. The van der Waals surface area contributed by atoms with Crippen molar-refractivity contribution in [2.24, 2.45) is 0 Å². The number of aliphatic hydroxyl groups excluding tert-OH is 1. The number of rotatable bonds is 7. The van der Waals surface area contributed by atoms with Crippen molar-refractivity contribution in [2.45, 2.75) is 39.2 Å². The maximum absolute atomic E-state index is 12.4. The zero-order valence-corrected chi connectivity index (χ0v) is 12.0. The standard InChI is InChI=1S/C15H24N2O2/c1-4-15(5-2,11-18)17-14(19)12-9-7-8-10-13(12)16-6-3/h7-10,16,18H,4-6,11H2,1-3H3,(H,17,19). The van der Waals surface area contributed by atoms with E-state index in [9.17, 15) is 9.90 Å². The first-order valence-corrected chi connectivity index (χ1v) is 6.88. The van der Waals surface area contributed by atoms with Crippen LogP contribution in [0.3, 0.4) is 0 Å². The topological polar surface area (TPSA) is 61.4 Å². The quantitative estimate of drug-likeness (QED) is 0.708. The molecule has 0 saturated carbocycles. The van der Waals surface area contributed by atoms with Gasteiger partial charge in [0.2, 0.25) is 0 Å². The van der Waals surface area contributed by atoms with Crippen molar-refractivity contribution in [2.75, 3.05) is 18.5 Å². The number of hydrogen-bond donors (Lipinski definition) is 3. The lowest BCUT2D eigenvalue weighted by Crippen LogP contribution is -2.50. The molecule has 0 radical (unpaired) electrons. The Morgan fingerprint density at radius 2 is 1.84 bits per heavy atom. The number of carbonyl (C=O) groups is 1. The van der Waals surface area contributed by atoms with Crippen LogP contribution in [0, 0.1) is 0 Å². The summed E-state index contributed by atoms with van der Waals surface area (Å²) in [5.74, 6) is -0.144. The number of amides is 1. The third-order valence-corrected chi connectivity index (χ3v) is 3.57. The van der Waals surface area contributed by atoms with Crippen LogP contribution >= 0.6 is 0 Å². The van der Waals surface area contributed by atoms with E-state index in [0.29, 0.717) is 18.4 Å². The van der Waals surface area contributed by atoms with Crippen LogP contribution in [0.4, 0.5) is 5.69 Å². The van der Waals surface area contributed by atoms with Gasteiger partial charge in [0.1, 0.15) is 0 Å². The molecule has 1 aromatic rings. The van der Waals surface area contributed by atoms with E-state index >= 15 is 0 Å². The molecule has 1 aromatic carbocycles. The van der Waals surface area contributed by atoms with Gasteiger partial charge < -0.3 is 15.7 Å². The lowest BCUT2D eigenvalue weighted by Gasteiger charge is -2.31. The second-order valence-electron chi connectivity index (χ2n) is 4.68. The summed E-state index contributed by atoms with van der Waals surface area (Å²) in [5.41, 5.74) is 0.904. The number of anilines is 1. The van der Waals surface area contributed by atoms with Crippen molar-refractivity contribution in [3.05, 3.63) is 29.8 Å². The van der Waals surface area contributed by atoms with Gasteiger partial charge in [0.15, 0.2) is 0 Å². The molecule has 106 valence electrons. The van der Waals surface area contributed by atoms with Crippen molar-refractivity contribution in [1.29, 1.82) is 0 Å². The zero-order valence-electron chi connectivity index (χ0n) is 12.0. The lowest BCUT2D eigenvalue weighted by atomic mass is 9.93. The minimum Gasteiger partial charge on any atom is -0.394 e. The van der Waals surface area contributed by atoms with E-state index in [1.165, 1.54) is 0 Å². The van der Waals surface area contributed by atoms with Crippen molar-refractivity contribution in [3.63, 3.8) is 0 Å². The summed E-state index contributed by atoms with van der Waals surface area (Å²) in [5, 5.41) is 15.7. The fourth-order valence-electron chi connectivity index (χ4n) is 2.02. The van der Waals surface area contributed by atoms with E-state index in [1.54, 1.807) is 6.07 Å². The second-order valence-corrected chi connectivity index (χ2v) is 4.68. The van der Waals surface area contributed by atoms with Crippen molar-refractivity contribution < 1.29 is 9.90 Å². The van der Waals surface area contributed by atoms with E-state index in [-0.39, 0.29) is 12.5 Å². The largest absolute Gasteiger partial charge is 0.394 e. The van der Waals surface area contributed by atoms with Crippen LogP contribution in [0.5, 0.6) is 0 Å². The number of nitrogens with one attached hydrogen (secondary N) is 2. The Kier molecular flexibility index (Phi) is 5.83. The van der Waals surface area contributed by atoms with Crippen LogP contribution in [0.2, 0.25) is 0 Å². The van der Waals surface area contributed by atoms with Crippen LogP contribution < -0.4 is 10.6 Å². The smallest absolute Gasteiger partial charge is 0.253 e. The lowest BCUT2D eigenvalue weighted by molar-refractivity contribution is 0.0818. The Morgan fingerprint density at radius 1 is 1.21 bits per heavy atom. The molecule has 4 heteroatoms. The highest BCUT2D eigenvalue weighted by atomic mass is 16.3. The number of benzene rings is 1. The summed E-state index contributed by atoms with van der Waals surface area (Å²) in [6.07, 6.45) is 1.41. The maximum Gasteiger partial charge on any atom is 0.253 e. The molecule has 0 aromatic heterocycles. The van der Waals surface area contributed by atoms with E-state index in [1.807, 2.05) is 39.0 Å². The Morgan fingerprint density at radius 3 is 2.37 bits per heavy atom. The first-order valence-electron chi connectivity index (χ1n) is 6.88. The third-order valence-electron chi connectivity index (χ3n) is 3.57. The van der Waals surface area contributed by atoms with E-state index < -0.39 is 5.54 Å². The Balaban J connectivity index is 2.94. The SMILES string of the molecule is CCNc1ccccc1C(=O)NC(CC)(CC)CO. The van der Waals surface area contributed by atoms with Crippen molar-refractivity contribution in [3.8, 4) is 0 Å². The average Bonchev–Trinajstić information content (AvgIpc) is 2.46. The molecule has 0 saturated heterocycles. The van der Waals surface area contributed by atoms with Gasteiger partial charge in [-0.1, -0.05) is 26.0 Å². The highest BCUT2D eigenvalue weighted by Crippen LogP contribution is 2.19. The Hall–Kier alpha value is -1.55. The highest BCUT2D eigenvalue weighted by molar-refractivity contribution is 6.00. The summed E-state index contributed by atoms with van der Waals surface area (Å²) >= 11 is 0. The number of hydrogen-bond acceptors (Lipinski definition) is 3. The molecule has 0 aliphatic heterocycles. The molecule has 0 unspecified atom stereocenters. The van der Waals surface area contributed by atoms with Gasteiger partial charge in [0.25, 0.3) is 5.91 Å². The molecule has 3 N–H and O–H groups in total. The van der Waals surface area contributed by atoms with Crippen LogP contribution in [-0.4, -0.2) is 29.7 Å². The zero-order chi connectivity index (χ0) is 14.3. The molecule has 0 spiro atoms. The predicted octanol–water partition coefficient (Wildman–Crippen LogP) is 2.40. The molecule has 0 heterocycles. The fourth-order valence-corrected chi connectivity index (χ4v) is 2.02. The minimum atomic E-state index is -0.531. The van der Waals surface area contributed by atoms with Crippen molar-refractivity contribution in [1.82, 2.24) is 5.32 Å². The summed E-state index contributed by atoms with van der Waals surface area (Å²) in [4.78, 5) is 12.4. The third kappa shape index (κ3) is 3.70. The highest BCUT2D eigenvalue weighted by Gasteiger charge is 2.28. The van der Waals surface area contributed by atoms with Gasteiger partial charge in [-0.25, -0.2) is 0 Å². The normalized spacial score (nSPS) is 11.2. The summed E-state index contributed by atoms with van der Waals surface area (Å²) in [7, 11) is 0. The maximum atomic E-state index is 12.4. The van der Waals surface area contributed by atoms with Crippen LogP contribution in [0.15, 0.2) is 24.3 Å². The molecular weight excluding hydrogens is 240 g/mol. The molecule has 0 fully saturated rings. The molecule has 0 atom stereocenters. The van der Waals surface area contributed by atoms with Crippen LogP contribution in [-0.2, 0) is 0 Å². The first-order chi connectivity index (χ1) is 9.12. The van der Waals surface area contributed by atoms with E-state index in [2.05, 4.69) is 10.6 Å². The summed E-state index contributed by atoms with van der Waals surface area (Å²) in [6, 6.07) is 7.42. The molecule has 1 rings (SSSR count). The Bertz CT molecular complexity index is 406. The first kappa shape index (κ1) is 15.5. The van der Waals surface area contributed by atoms with Crippen LogP contribution in [0.25, 0.3) is 0 Å². The molecule has 19 heavy (non-hydrogen) atoms. The van der Waals surface area contributed by atoms with Gasteiger partial charge in [0, 0.05) is 12.2 Å². The van der Waals surface area contributed by atoms with Crippen molar-refractivity contribution >= 4 is 11.6 Å². The Labute approximate surface area is 115 Å². The molecule has 0 aliphatic rings. The van der Waals surface area contributed by atoms with Gasteiger partial charge in [-0.2, -0.15) is 0 Å². The van der Waals surface area contributed by atoms with E-state index in [4.69, 9.17) is 0 Å². The minimum absolute atomic E-state index is 0.0465. The van der Waals surface area contributed by atoms with Gasteiger partial charge in [-0.15, -0.1) is 0 Å². The second kappa shape index (κ2) is 7.14. The van der Waals surface area contributed by atoms with E-state index in [0.717, 1.165) is 12.2 Å². The number of aliphatic hydroxyl groups is 1. The average molecular weight is 264 g/mol. The number of carbonyl (C=O) groups excluding carboxylic acids is 1. The molecule has 4 nitrogen and oxygen atoms in total. The van der Waals surface area contributed by atoms with Gasteiger partial charge in [0.05, 0.1) is 17.7 Å². The molecule has 0 bridgehead atoms. The van der Waals surface area contributed by atoms with Crippen LogP contribution in [0.1, 0.15) is 44.0 Å². The monoisotopic (exact) mass is 264 g/mol. The predicted molar refractivity (Wildman–Crippen MR) is 78.5 cm³/mol. The van der Waals surface area contributed by atoms with Gasteiger partial charge in [-0.3, -0.25) is 4.79 Å². The van der Waals surface area contributed by atoms with Gasteiger partial charge in [-0.05, 0) is 31.9 Å². The molecule has 0 aliphatic carbocycles. The fraction of sp³-hybridized carbons (Fsp3) is 0.533. The van der Waals surface area contributed by atoms with Gasteiger partial charge >= 0.3 is 0 Å². The summed E-state index contributed by atoms with van der Waals surface area (Å²) < 4.78 is 0. The number of para-hydroxylation sites is 1.